The monoisotopic (exact) mass is 346 g/mol. The highest BCUT2D eigenvalue weighted by atomic mass is 16.5. The van der Waals surface area contributed by atoms with E-state index in [1.54, 1.807) is 4.90 Å². The zero-order valence-corrected chi connectivity index (χ0v) is 14.8. The average Bonchev–Trinajstić information content (AvgIpc) is 3.11. The van der Waals surface area contributed by atoms with Gasteiger partial charge in [0.1, 0.15) is 11.9 Å². The minimum absolute atomic E-state index is 0.0803. The van der Waals surface area contributed by atoms with Gasteiger partial charge in [0.15, 0.2) is 0 Å². The molecule has 1 aromatic rings. The van der Waals surface area contributed by atoms with Crippen molar-refractivity contribution < 1.29 is 19.4 Å². The van der Waals surface area contributed by atoms with Gasteiger partial charge in [-0.3, -0.25) is 4.79 Å². The molecule has 25 heavy (non-hydrogen) atoms. The molecule has 1 saturated carbocycles. The number of urea groups is 1. The van der Waals surface area contributed by atoms with Crippen LogP contribution in [0.25, 0.3) is 0 Å². The van der Waals surface area contributed by atoms with Gasteiger partial charge in [-0.15, -0.1) is 0 Å². The van der Waals surface area contributed by atoms with E-state index in [0.29, 0.717) is 26.1 Å². The van der Waals surface area contributed by atoms with Gasteiger partial charge in [-0.1, -0.05) is 18.6 Å². The van der Waals surface area contributed by atoms with Gasteiger partial charge < -0.3 is 20.1 Å². The number of carboxylic acids is 1. The van der Waals surface area contributed by atoms with Gasteiger partial charge in [0.05, 0.1) is 12.0 Å². The molecule has 3 rings (SSSR count). The Morgan fingerprint density at radius 1 is 1.48 bits per heavy atom. The van der Waals surface area contributed by atoms with Crippen molar-refractivity contribution in [2.45, 2.75) is 39.2 Å². The number of hydrogen-bond acceptors (Lipinski definition) is 3. The third-order valence-corrected chi connectivity index (χ3v) is 5.45. The van der Waals surface area contributed by atoms with Crippen LogP contribution in [0, 0.1) is 18.3 Å². The number of ether oxygens (including phenoxy) is 1. The Bertz CT molecular complexity index is 663. The van der Waals surface area contributed by atoms with E-state index < -0.39 is 11.4 Å². The van der Waals surface area contributed by atoms with Crippen LogP contribution in [0.2, 0.25) is 0 Å². The average molecular weight is 346 g/mol. The van der Waals surface area contributed by atoms with E-state index in [-0.39, 0.29) is 18.1 Å². The van der Waals surface area contributed by atoms with E-state index in [2.05, 4.69) is 5.32 Å². The lowest BCUT2D eigenvalue weighted by Crippen LogP contribution is -2.44. The fraction of sp³-hybridized carbons (Fsp3) is 0.579. The molecule has 0 spiro atoms. The van der Waals surface area contributed by atoms with Gasteiger partial charge >= 0.3 is 12.0 Å². The molecule has 6 heteroatoms. The fourth-order valence-corrected chi connectivity index (χ4v) is 4.10. The number of aliphatic carboxylic acids is 1. The molecule has 1 heterocycles. The number of benzene rings is 1. The zero-order valence-electron chi connectivity index (χ0n) is 14.8. The van der Waals surface area contributed by atoms with Gasteiger partial charge in [0, 0.05) is 13.1 Å². The van der Waals surface area contributed by atoms with Gasteiger partial charge in [0.2, 0.25) is 0 Å². The molecule has 0 radical (unpaired) electrons. The van der Waals surface area contributed by atoms with Gasteiger partial charge in [-0.05, 0) is 50.3 Å². The summed E-state index contributed by atoms with van der Waals surface area (Å²) in [4.78, 5) is 25.8. The van der Waals surface area contributed by atoms with Crippen LogP contribution in [0.4, 0.5) is 4.79 Å². The van der Waals surface area contributed by atoms with E-state index in [0.717, 1.165) is 24.2 Å². The minimum atomic E-state index is -0.763. The second kappa shape index (κ2) is 6.94. The fourth-order valence-electron chi connectivity index (χ4n) is 4.10. The Balaban J connectivity index is 1.51. The topological polar surface area (TPSA) is 78.9 Å². The molecular formula is C19H26N2O4. The summed E-state index contributed by atoms with van der Waals surface area (Å²) in [6, 6.07) is 7.58. The Morgan fingerprint density at radius 3 is 2.96 bits per heavy atom. The number of rotatable bonds is 5. The molecule has 1 saturated heterocycles. The third kappa shape index (κ3) is 3.57. The minimum Gasteiger partial charge on any atom is -0.489 e. The number of amides is 2. The summed E-state index contributed by atoms with van der Waals surface area (Å²) in [6.45, 7) is 5.13. The Hall–Kier alpha value is -2.24. The summed E-state index contributed by atoms with van der Waals surface area (Å²) in [5.74, 6) is 0.0976. The van der Waals surface area contributed by atoms with Crippen molar-refractivity contribution in [1.82, 2.24) is 10.2 Å². The van der Waals surface area contributed by atoms with Crippen LogP contribution in [0.3, 0.4) is 0 Å². The summed E-state index contributed by atoms with van der Waals surface area (Å²) >= 11 is 0. The van der Waals surface area contributed by atoms with E-state index >= 15 is 0 Å². The molecule has 136 valence electrons. The van der Waals surface area contributed by atoms with Crippen LogP contribution in [0.15, 0.2) is 24.3 Å². The van der Waals surface area contributed by atoms with Crippen molar-refractivity contribution in [2.24, 2.45) is 11.3 Å². The number of nitrogens with one attached hydrogen (secondary N) is 1. The molecule has 6 nitrogen and oxygen atoms in total. The molecule has 3 atom stereocenters. The molecule has 0 bridgehead atoms. The molecule has 1 aliphatic carbocycles. The number of hydrogen-bond donors (Lipinski definition) is 2. The summed E-state index contributed by atoms with van der Waals surface area (Å²) < 4.78 is 5.81. The first-order valence-electron chi connectivity index (χ1n) is 8.90. The van der Waals surface area contributed by atoms with Crippen molar-refractivity contribution in [3.63, 3.8) is 0 Å². The molecule has 2 fully saturated rings. The first-order valence-corrected chi connectivity index (χ1v) is 8.90. The standard InChI is InChI=1S/C19H26N2O4/c1-13-5-3-7-16(9-13)25-14(2)10-20-18(24)21-11-15-6-4-8-19(15,12-21)17(22)23/h3,5,7,9,14-15H,4,6,8,10-12H2,1-2H3,(H,20,24)(H,22,23)/t14?,15-,19+/m0/s1. The lowest BCUT2D eigenvalue weighted by atomic mass is 9.81. The molecule has 2 N–H and O–H groups in total. The summed E-state index contributed by atoms with van der Waals surface area (Å²) in [5, 5.41) is 12.5. The third-order valence-electron chi connectivity index (χ3n) is 5.45. The Morgan fingerprint density at radius 2 is 2.28 bits per heavy atom. The number of fused-ring (bicyclic) bond motifs is 1. The molecule has 2 aliphatic rings. The molecule has 0 aromatic heterocycles. The van der Waals surface area contributed by atoms with Crippen LogP contribution in [0.5, 0.6) is 5.75 Å². The Labute approximate surface area is 148 Å². The van der Waals surface area contributed by atoms with Crippen molar-refractivity contribution in [2.75, 3.05) is 19.6 Å². The van der Waals surface area contributed by atoms with Crippen LogP contribution in [-0.2, 0) is 4.79 Å². The van der Waals surface area contributed by atoms with Crippen molar-refractivity contribution in [3.05, 3.63) is 29.8 Å². The normalized spacial score (nSPS) is 26.2. The van der Waals surface area contributed by atoms with Crippen molar-refractivity contribution in [1.29, 1.82) is 0 Å². The summed E-state index contributed by atoms with van der Waals surface area (Å²) in [5.41, 5.74) is 0.386. The van der Waals surface area contributed by atoms with Gasteiger partial charge in [0.25, 0.3) is 0 Å². The van der Waals surface area contributed by atoms with Crippen molar-refractivity contribution in [3.8, 4) is 5.75 Å². The number of aryl methyl sites for hydroxylation is 1. The van der Waals surface area contributed by atoms with Gasteiger partial charge in [-0.2, -0.15) is 0 Å². The number of likely N-dealkylation sites (tertiary alicyclic amines) is 1. The number of carbonyl (C=O) groups is 2. The highest BCUT2D eigenvalue weighted by Crippen LogP contribution is 2.48. The maximum Gasteiger partial charge on any atom is 0.317 e. The van der Waals surface area contributed by atoms with E-state index in [9.17, 15) is 14.7 Å². The molecule has 1 aliphatic heterocycles. The maximum absolute atomic E-state index is 12.4. The predicted octanol–water partition coefficient (Wildman–Crippen LogP) is 2.66. The van der Waals surface area contributed by atoms with Crippen LogP contribution in [-0.4, -0.2) is 47.7 Å². The zero-order chi connectivity index (χ0) is 18.0. The molecule has 1 unspecified atom stereocenters. The second-order valence-electron chi connectivity index (χ2n) is 7.36. The van der Waals surface area contributed by atoms with Crippen LogP contribution < -0.4 is 10.1 Å². The van der Waals surface area contributed by atoms with E-state index in [1.165, 1.54) is 0 Å². The SMILES string of the molecule is Cc1cccc(OC(C)CNC(=O)N2C[C@@H]3CCC[C@@]3(C(=O)O)C2)c1. The summed E-state index contributed by atoms with van der Waals surface area (Å²) in [6.07, 6.45) is 2.33. The number of carboxylic acid groups (broad SMARTS) is 1. The quantitative estimate of drug-likeness (QED) is 0.859. The number of carbonyl (C=O) groups excluding carboxylic acids is 1. The lowest BCUT2D eigenvalue weighted by Gasteiger charge is -2.24. The van der Waals surface area contributed by atoms with Gasteiger partial charge in [-0.25, -0.2) is 4.79 Å². The first kappa shape index (κ1) is 17.6. The lowest BCUT2D eigenvalue weighted by molar-refractivity contribution is -0.149. The second-order valence-corrected chi connectivity index (χ2v) is 7.36. The van der Waals surface area contributed by atoms with Crippen LogP contribution >= 0.6 is 0 Å². The molecular weight excluding hydrogens is 320 g/mol. The summed E-state index contributed by atoms with van der Waals surface area (Å²) in [7, 11) is 0. The van der Waals surface area contributed by atoms with E-state index in [1.807, 2.05) is 38.1 Å². The highest BCUT2D eigenvalue weighted by molar-refractivity contribution is 5.80. The smallest absolute Gasteiger partial charge is 0.317 e. The van der Waals surface area contributed by atoms with Crippen molar-refractivity contribution >= 4 is 12.0 Å². The molecule has 2 amide bonds. The number of nitrogens with zero attached hydrogens (tertiary/aromatic N) is 1. The Kier molecular flexibility index (Phi) is 4.88. The maximum atomic E-state index is 12.4. The highest BCUT2D eigenvalue weighted by Gasteiger charge is 2.55. The first-order chi connectivity index (χ1) is 11.9. The largest absolute Gasteiger partial charge is 0.489 e. The van der Waals surface area contributed by atoms with E-state index in [4.69, 9.17) is 4.74 Å². The molecule has 1 aromatic carbocycles. The predicted molar refractivity (Wildman–Crippen MR) is 93.7 cm³/mol. The van der Waals surface area contributed by atoms with Crippen LogP contribution in [0.1, 0.15) is 31.7 Å².